The summed E-state index contributed by atoms with van der Waals surface area (Å²) in [5.74, 6) is 0.341. The van der Waals surface area contributed by atoms with Crippen molar-refractivity contribution >= 4 is 17.6 Å². The third kappa shape index (κ3) is 6.22. The molecule has 0 aliphatic carbocycles. The number of carbonyl (C=O) groups excluding carboxylic acids is 2. The summed E-state index contributed by atoms with van der Waals surface area (Å²) in [6.45, 7) is 3.68. The fraction of sp³-hybridized carbons (Fsp3) is 0.259. The summed E-state index contributed by atoms with van der Waals surface area (Å²) in [4.78, 5) is 31.3. The van der Waals surface area contributed by atoms with Gasteiger partial charge in [-0.2, -0.15) is 5.26 Å². The van der Waals surface area contributed by atoms with Gasteiger partial charge in [0.25, 0.3) is 5.91 Å². The van der Waals surface area contributed by atoms with E-state index in [2.05, 4.69) is 27.2 Å². The van der Waals surface area contributed by atoms with Crippen LogP contribution < -0.4 is 16.2 Å². The van der Waals surface area contributed by atoms with Gasteiger partial charge < -0.3 is 10.2 Å². The zero-order valence-electron chi connectivity index (χ0n) is 19.6. The van der Waals surface area contributed by atoms with Crippen LogP contribution in [0.3, 0.4) is 0 Å². The van der Waals surface area contributed by atoms with Gasteiger partial charge in [0.05, 0.1) is 11.6 Å². The number of nitrogens with zero attached hydrogens (tertiary/aromatic N) is 3. The molecule has 0 spiro atoms. The van der Waals surface area contributed by atoms with Gasteiger partial charge in [0.15, 0.2) is 0 Å². The molecular formula is C27H28N6O2. The highest BCUT2D eigenvalue weighted by atomic mass is 16.2. The Balaban J connectivity index is 1.31. The molecule has 35 heavy (non-hydrogen) atoms. The van der Waals surface area contributed by atoms with Crippen LogP contribution in [0.2, 0.25) is 0 Å². The van der Waals surface area contributed by atoms with Crippen molar-refractivity contribution in [3.63, 3.8) is 0 Å². The smallest absolute Gasteiger partial charge is 0.333 e. The Bertz CT molecular complexity index is 1210. The van der Waals surface area contributed by atoms with Crippen LogP contribution in [0.5, 0.6) is 0 Å². The highest BCUT2D eigenvalue weighted by molar-refractivity contribution is 5.97. The quantitative estimate of drug-likeness (QED) is 0.472. The van der Waals surface area contributed by atoms with Crippen LogP contribution in [-0.2, 0) is 6.54 Å². The number of nitrogens with one attached hydrogen (secondary N) is 3. The number of aromatic nitrogens is 1. The van der Waals surface area contributed by atoms with Crippen LogP contribution >= 0.6 is 0 Å². The van der Waals surface area contributed by atoms with E-state index in [1.165, 1.54) is 5.56 Å². The van der Waals surface area contributed by atoms with E-state index in [-0.39, 0.29) is 5.91 Å². The number of pyridine rings is 1. The van der Waals surface area contributed by atoms with Gasteiger partial charge in [-0.3, -0.25) is 15.2 Å². The first kappa shape index (κ1) is 23.9. The molecule has 2 aromatic carbocycles. The van der Waals surface area contributed by atoms with Crippen molar-refractivity contribution in [1.82, 2.24) is 20.7 Å². The standard InChI is InChI=1S/C27H28N6O2/c1-19-2-5-24(16-25(19)31-27(35)32-30-18-21-8-12-29-13-9-21)26(34)33-14-10-23(11-15-33)22-6-3-20(17-28)4-7-22/h2-9,12-13,16,23,30H,10-11,14-15,18H2,1H3,(H2,31,32,35). The molecule has 1 saturated heterocycles. The molecule has 1 aliphatic rings. The minimum Gasteiger partial charge on any atom is -0.339 e. The van der Waals surface area contributed by atoms with Gasteiger partial charge in [-0.05, 0) is 78.8 Å². The molecule has 0 radical (unpaired) electrons. The van der Waals surface area contributed by atoms with E-state index in [0.717, 1.165) is 24.0 Å². The van der Waals surface area contributed by atoms with Crippen molar-refractivity contribution in [3.8, 4) is 6.07 Å². The zero-order chi connectivity index (χ0) is 24.6. The van der Waals surface area contributed by atoms with E-state index in [4.69, 9.17) is 5.26 Å². The van der Waals surface area contributed by atoms with Gasteiger partial charge >= 0.3 is 6.03 Å². The van der Waals surface area contributed by atoms with Crippen molar-refractivity contribution in [1.29, 1.82) is 5.26 Å². The fourth-order valence-corrected chi connectivity index (χ4v) is 4.20. The van der Waals surface area contributed by atoms with Crippen LogP contribution in [0, 0.1) is 18.3 Å². The Morgan fingerprint density at radius 3 is 2.46 bits per heavy atom. The number of piperidine rings is 1. The second-order valence-electron chi connectivity index (χ2n) is 8.62. The van der Waals surface area contributed by atoms with Crippen LogP contribution in [0.4, 0.5) is 10.5 Å². The minimum atomic E-state index is -0.407. The Kier molecular flexibility index (Phi) is 7.70. The summed E-state index contributed by atoms with van der Waals surface area (Å²) >= 11 is 0. The lowest BCUT2D eigenvalue weighted by Gasteiger charge is -2.32. The number of benzene rings is 2. The Morgan fingerprint density at radius 2 is 1.77 bits per heavy atom. The summed E-state index contributed by atoms with van der Waals surface area (Å²) in [7, 11) is 0. The van der Waals surface area contributed by atoms with Crippen molar-refractivity contribution < 1.29 is 9.59 Å². The van der Waals surface area contributed by atoms with Crippen molar-refractivity contribution in [2.24, 2.45) is 0 Å². The summed E-state index contributed by atoms with van der Waals surface area (Å²) < 4.78 is 0. The van der Waals surface area contributed by atoms with Crippen LogP contribution in [-0.4, -0.2) is 34.9 Å². The molecule has 0 unspecified atom stereocenters. The molecule has 4 rings (SSSR count). The number of urea groups is 1. The first-order valence-corrected chi connectivity index (χ1v) is 11.6. The molecule has 3 amide bonds. The number of carbonyl (C=O) groups is 2. The Morgan fingerprint density at radius 1 is 1.06 bits per heavy atom. The maximum atomic E-state index is 13.1. The molecular weight excluding hydrogens is 440 g/mol. The number of nitriles is 1. The largest absolute Gasteiger partial charge is 0.339 e. The molecule has 2 heterocycles. The number of anilines is 1. The van der Waals surface area contributed by atoms with E-state index in [9.17, 15) is 9.59 Å². The van der Waals surface area contributed by atoms with E-state index < -0.39 is 6.03 Å². The number of rotatable bonds is 6. The highest BCUT2D eigenvalue weighted by Crippen LogP contribution is 2.29. The van der Waals surface area contributed by atoms with Gasteiger partial charge in [-0.15, -0.1) is 0 Å². The van der Waals surface area contributed by atoms with Gasteiger partial charge in [0.2, 0.25) is 0 Å². The third-order valence-electron chi connectivity index (χ3n) is 6.27. The first-order valence-electron chi connectivity index (χ1n) is 11.6. The number of hydrazine groups is 1. The van der Waals surface area contributed by atoms with Gasteiger partial charge in [0.1, 0.15) is 0 Å². The maximum absolute atomic E-state index is 13.1. The summed E-state index contributed by atoms with van der Waals surface area (Å²) in [6.07, 6.45) is 5.14. The fourth-order valence-electron chi connectivity index (χ4n) is 4.20. The van der Waals surface area contributed by atoms with E-state index in [1.807, 2.05) is 54.3 Å². The van der Waals surface area contributed by atoms with Gasteiger partial charge in [0, 0.05) is 43.3 Å². The number of hydrogen-bond donors (Lipinski definition) is 3. The van der Waals surface area contributed by atoms with Crippen molar-refractivity contribution in [2.45, 2.75) is 32.2 Å². The Hall–Kier alpha value is -4.22. The molecule has 8 heteroatoms. The Labute approximate surface area is 205 Å². The normalized spacial score (nSPS) is 13.7. The van der Waals surface area contributed by atoms with Crippen LogP contribution in [0.25, 0.3) is 0 Å². The molecule has 1 fully saturated rings. The van der Waals surface area contributed by atoms with Crippen molar-refractivity contribution in [2.75, 3.05) is 18.4 Å². The topological polar surface area (TPSA) is 110 Å². The summed E-state index contributed by atoms with van der Waals surface area (Å²) in [6, 6.07) is 18.5. The first-order chi connectivity index (χ1) is 17.0. The van der Waals surface area contributed by atoms with Crippen LogP contribution in [0.15, 0.2) is 67.0 Å². The second-order valence-corrected chi connectivity index (χ2v) is 8.62. The molecule has 0 atom stereocenters. The van der Waals surface area contributed by atoms with E-state index in [1.54, 1.807) is 24.5 Å². The maximum Gasteiger partial charge on any atom is 0.333 e. The van der Waals surface area contributed by atoms with Gasteiger partial charge in [-0.25, -0.2) is 10.2 Å². The van der Waals surface area contributed by atoms with E-state index >= 15 is 0 Å². The predicted molar refractivity (Wildman–Crippen MR) is 133 cm³/mol. The molecule has 0 bridgehead atoms. The molecule has 8 nitrogen and oxygen atoms in total. The number of likely N-dealkylation sites (tertiary alicyclic amines) is 1. The summed E-state index contributed by atoms with van der Waals surface area (Å²) in [5.41, 5.74) is 10.3. The molecule has 3 N–H and O–H groups in total. The average molecular weight is 469 g/mol. The number of amides is 3. The van der Waals surface area contributed by atoms with Gasteiger partial charge in [-0.1, -0.05) is 18.2 Å². The lowest BCUT2D eigenvalue weighted by Crippen LogP contribution is -2.40. The minimum absolute atomic E-state index is 0.0393. The number of aryl methyl sites for hydroxylation is 1. The lowest BCUT2D eigenvalue weighted by molar-refractivity contribution is 0.0713. The SMILES string of the molecule is Cc1ccc(C(=O)N2CCC(c3ccc(C#N)cc3)CC2)cc1NC(=O)NNCc1ccncc1. The predicted octanol–water partition coefficient (Wildman–Crippen LogP) is 4.11. The summed E-state index contributed by atoms with van der Waals surface area (Å²) in [5, 5.41) is 11.8. The van der Waals surface area contributed by atoms with Crippen LogP contribution in [0.1, 0.15) is 51.4 Å². The third-order valence-corrected chi connectivity index (χ3v) is 6.27. The van der Waals surface area contributed by atoms with Crippen molar-refractivity contribution in [3.05, 3.63) is 94.8 Å². The molecule has 0 saturated carbocycles. The molecule has 178 valence electrons. The average Bonchev–Trinajstić information content (AvgIpc) is 2.90. The van der Waals surface area contributed by atoms with E-state index in [0.29, 0.717) is 42.4 Å². The molecule has 1 aliphatic heterocycles. The lowest BCUT2D eigenvalue weighted by atomic mass is 9.89. The molecule has 3 aromatic rings. The second kappa shape index (κ2) is 11.3. The zero-order valence-corrected chi connectivity index (χ0v) is 19.6. The monoisotopic (exact) mass is 468 g/mol. The number of hydrogen-bond acceptors (Lipinski definition) is 5. The highest BCUT2D eigenvalue weighted by Gasteiger charge is 2.25. The molecule has 1 aromatic heterocycles.